The molecule has 0 aliphatic carbocycles. The summed E-state index contributed by atoms with van der Waals surface area (Å²) < 4.78 is 5.04. The number of esters is 1. The standard InChI is InChI=1S/C33H28ClN3O5/c1-21(38)42-28-17-15-27(16-18-28)35-31(39)30(20-22-5-3-2-4-6-22)37-32(40)29(36-33(37)41)19-23-7-9-24(10-8-23)25-11-13-26(34)14-12-25/h2-18,29-30H,19-20H2,1H3,(H,35,39)(H,36,41)/t29-,30-/m0/s1. The van der Waals surface area contributed by atoms with Gasteiger partial charge in [-0.1, -0.05) is 78.3 Å². The summed E-state index contributed by atoms with van der Waals surface area (Å²) in [6.45, 7) is 1.30. The Morgan fingerprint density at radius 3 is 2.10 bits per heavy atom. The molecular weight excluding hydrogens is 554 g/mol. The van der Waals surface area contributed by atoms with Crippen molar-refractivity contribution >= 4 is 41.1 Å². The smallest absolute Gasteiger partial charge is 0.325 e. The maximum absolute atomic E-state index is 13.6. The SMILES string of the molecule is CC(=O)Oc1ccc(NC(=O)[C@H](Cc2ccccc2)N2C(=O)N[C@@H](Cc3ccc(-c4ccc(Cl)cc4)cc3)C2=O)cc1. The van der Waals surface area contributed by atoms with Gasteiger partial charge in [-0.05, 0) is 58.7 Å². The summed E-state index contributed by atoms with van der Waals surface area (Å²) in [5.74, 6) is -1.11. The van der Waals surface area contributed by atoms with Crippen LogP contribution in [0.5, 0.6) is 5.75 Å². The first-order valence-electron chi connectivity index (χ1n) is 13.4. The molecule has 2 N–H and O–H groups in total. The predicted octanol–water partition coefficient (Wildman–Crippen LogP) is 5.65. The zero-order chi connectivity index (χ0) is 29.6. The lowest BCUT2D eigenvalue weighted by Crippen LogP contribution is -2.49. The normalized spacial score (nSPS) is 15.2. The summed E-state index contributed by atoms with van der Waals surface area (Å²) in [5, 5.41) is 6.21. The second-order valence-electron chi connectivity index (χ2n) is 9.93. The second kappa shape index (κ2) is 12.7. The molecule has 0 aromatic heterocycles. The summed E-state index contributed by atoms with van der Waals surface area (Å²) in [6.07, 6.45) is 0.416. The number of benzene rings is 4. The molecule has 1 saturated heterocycles. The molecule has 0 unspecified atom stereocenters. The van der Waals surface area contributed by atoms with Gasteiger partial charge in [0.25, 0.3) is 5.91 Å². The molecule has 5 rings (SSSR count). The van der Waals surface area contributed by atoms with Gasteiger partial charge in [-0.25, -0.2) is 9.69 Å². The molecule has 0 spiro atoms. The van der Waals surface area contributed by atoms with Gasteiger partial charge in [0.1, 0.15) is 17.8 Å². The van der Waals surface area contributed by atoms with E-state index >= 15 is 0 Å². The molecule has 1 aliphatic heterocycles. The van der Waals surface area contributed by atoms with E-state index in [1.54, 1.807) is 24.3 Å². The number of amides is 4. The minimum absolute atomic E-state index is 0.139. The van der Waals surface area contributed by atoms with Crippen LogP contribution < -0.4 is 15.4 Å². The largest absolute Gasteiger partial charge is 0.427 e. The van der Waals surface area contributed by atoms with Crippen molar-refractivity contribution in [2.24, 2.45) is 0 Å². The number of carbonyl (C=O) groups excluding carboxylic acids is 4. The molecule has 0 bridgehead atoms. The van der Waals surface area contributed by atoms with Gasteiger partial charge < -0.3 is 15.4 Å². The van der Waals surface area contributed by atoms with E-state index < -0.39 is 35.9 Å². The summed E-state index contributed by atoms with van der Waals surface area (Å²) in [4.78, 5) is 52.5. The minimum Gasteiger partial charge on any atom is -0.427 e. The number of rotatable bonds is 9. The molecule has 0 radical (unpaired) electrons. The molecular formula is C33H28ClN3O5. The number of imide groups is 1. The Hall–Kier alpha value is -4.95. The van der Waals surface area contributed by atoms with Crippen LogP contribution in [0.1, 0.15) is 18.1 Å². The molecule has 2 atom stereocenters. The van der Waals surface area contributed by atoms with Crippen LogP contribution in [0.25, 0.3) is 11.1 Å². The maximum Gasteiger partial charge on any atom is 0.325 e. The highest BCUT2D eigenvalue weighted by atomic mass is 35.5. The summed E-state index contributed by atoms with van der Waals surface area (Å²) in [5.41, 5.74) is 4.10. The highest BCUT2D eigenvalue weighted by Crippen LogP contribution is 2.24. The predicted molar refractivity (Wildman–Crippen MR) is 160 cm³/mol. The molecule has 0 saturated carbocycles. The number of nitrogens with one attached hydrogen (secondary N) is 2. The Morgan fingerprint density at radius 2 is 1.48 bits per heavy atom. The molecule has 8 nitrogen and oxygen atoms in total. The van der Waals surface area contributed by atoms with E-state index in [4.69, 9.17) is 16.3 Å². The number of hydrogen-bond acceptors (Lipinski definition) is 5. The number of urea groups is 1. The van der Waals surface area contributed by atoms with Crippen LogP contribution >= 0.6 is 11.6 Å². The third kappa shape index (κ3) is 6.85. The lowest BCUT2D eigenvalue weighted by Gasteiger charge is -2.25. The molecule has 42 heavy (non-hydrogen) atoms. The molecule has 1 heterocycles. The van der Waals surface area contributed by atoms with Crippen molar-refractivity contribution in [1.82, 2.24) is 10.2 Å². The highest BCUT2D eigenvalue weighted by Gasteiger charge is 2.44. The molecule has 4 aromatic rings. The van der Waals surface area contributed by atoms with E-state index in [2.05, 4.69) is 10.6 Å². The van der Waals surface area contributed by atoms with E-state index in [1.807, 2.05) is 78.9 Å². The first-order chi connectivity index (χ1) is 20.3. The van der Waals surface area contributed by atoms with Crippen molar-refractivity contribution in [3.63, 3.8) is 0 Å². The highest BCUT2D eigenvalue weighted by molar-refractivity contribution is 6.30. The van der Waals surface area contributed by atoms with Crippen molar-refractivity contribution in [2.75, 3.05) is 5.32 Å². The number of ether oxygens (including phenoxy) is 1. The van der Waals surface area contributed by atoms with Gasteiger partial charge in [-0.15, -0.1) is 0 Å². The molecule has 4 aromatic carbocycles. The van der Waals surface area contributed by atoms with Gasteiger partial charge in [0.2, 0.25) is 5.91 Å². The van der Waals surface area contributed by atoms with E-state index in [9.17, 15) is 19.2 Å². The van der Waals surface area contributed by atoms with Crippen LogP contribution in [-0.2, 0) is 27.2 Å². The Labute approximate surface area is 248 Å². The van der Waals surface area contributed by atoms with Crippen LogP contribution in [0.4, 0.5) is 10.5 Å². The lowest BCUT2D eigenvalue weighted by molar-refractivity contribution is -0.134. The Bertz CT molecular complexity index is 1590. The quantitative estimate of drug-likeness (QED) is 0.151. The first kappa shape index (κ1) is 28.6. The Kier molecular flexibility index (Phi) is 8.64. The number of anilines is 1. The first-order valence-corrected chi connectivity index (χ1v) is 13.8. The molecule has 1 fully saturated rings. The van der Waals surface area contributed by atoms with E-state index in [0.717, 1.165) is 27.2 Å². The van der Waals surface area contributed by atoms with Crippen LogP contribution in [0.2, 0.25) is 5.02 Å². The van der Waals surface area contributed by atoms with E-state index in [-0.39, 0.29) is 12.8 Å². The number of halogens is 1. The summed E-state index contributed by atoms with van der Waals surface area (Å²) >= 11 is 5.99. The van der Waals surface area contributed by atoms with Crippen molar-refractivity contribution in [1.29, 1.82) is 0 Å². The zero-order valence-corrected chi connectivity index (χ0v) is 23.5. The van der Waals surface area contributed by atoms with Gasteiger partial charge in [-0.3, -0.25) is 14.4 Å². The third-order valence-corrected chi connectivity index (χ3v) is 7.14. The second-order valence-corrected chi connectivity index (χ2v) is 10.4. The zero-order valence-electron chi connectivity index (χ0n) is 22.8. The van der Waals surface area contributed by atoms with Gasteiger partial charge in [0, 0.05) is 30.5 Å². The van der Waals surface area contributed by atoms with Crippen molar-refractivity contribution < 1.29 is 23.9 Å². The van der Waals surface area contributed by atoms with Gasteiger partial charge in [0.05, 0.1) is 0 Å². The maximum atomic E-state index is 13.6. The van der Waals surface area contributed by atoms with Crippen molar-refractivity contribution in [3.05, 3.63) is 119 Å². The summed E-state index contributed by atoms with van der Waals surface area (Å²) in [7, 11) is 0. The minimum atomic E-state index is -1.09. The summed E-state index contributed by atoms with van der Waals surface area (Å²) in [6, 6.07) is 28.2. The van der Waals surface area contributed by atoms with Crippen LogP contribution in [0, 0.1) is 0 Å². The van der Waals surface area contributed by atoms with Crippen LogP contribution in [0.15, 0.2) is 103 Å². The van der Waals surface area contributed by atoms with Crippen LogP contribution in [0.3, 0.4) is 0 Å². The number of nitrogens with zero attached hydrogens (tertiary/aromatic N) is 1. The Balaban J connectivity index is 1.32. The van der Waals surface area contributed by atoms with Gasteiger partial charge in [0.15, 0.2) is 0 Å². The number of carbonyl (C=O) groups is 4. The average Bonchev–Trinajstić information content (AvgIpc) is 3.25. The molecule has 4 amide bonds. The average molecular weight is 582 g/mol. The Morgan fingerprint density at radius 1 is 0.857 bits per heavy atom. The van der Waals surface area contributed by atoms with E-state index in [0.29, 0.717) is 16.5 Å². The van der Waals surface area contributed by atoms with Gasteiger partial charge in [-0.2, -0.15) is 0 Å². The van der Waals surface area contributed by atoms with Crippen LogP contribution in [-0.4, -0.2) is 40.8 Å². The molecule has 1 aliphatic rings. The van der Waals surface area contributed by atoms with Crippen molar-refractivity contribution in [2.45, 2.75) is 31.8 Å². The third-order valence-electron chi connectivity index (χ3n) is 6.89. The number of hydrogen-bond donors (Lipinski definition) is 2. The van der Waals surface area contributed by atoms with E-state index in [1.165, 1.54) is 6.92 Å². The fourth-order valence-electron chi connectivity index (χ4n) is 4.83. The monoisotopic (exact) mass is 581 g/mol. The fourth-order valence-corrected chi connectivity index (χ4v) is 4.96. The fraction of sp³-hybridized carbons (Fsp3) is 0.152. The topological polar surface area (TPSA) is 105 Å². The molecule has 9 heteroatoms. The van der Waals surface area contributed by atoms with Crippen molar-refractivity contribution in [3.8, 4) is 16.9 Å². The molecule has 212 valence electrons. The van der Waals surface area contributed by atoms with Gasteiger partial charge >= 0.3 is 12.0 Å². The lowest BCUT2D eigenvalue weighted by atomic mass is 10.00.